The summed E-state index contributed by atoms with van der Waals surface area (Å²) in [5, 5.41) is 2.68. The van der Waals surface area contributed by atoms with Crippen molar-refractivity contribution in [2.75, 3.05) is 31.6 Å². The summed E-state index contributed by atoms with van der Waals surface area (Å²) in [6.45, 7) is 5.58. The molecule has 1 unspecified atom stereocenters. The lowest BCUT2D eigenvalue weighted by Crippen LogP contribution is -2.39. The summed E-state index contributed by atoms with van der Waals surface area (Å²) in [4.78, 5) is 0. The Bertz CT molecular complexity index is 269. The van der Waals surface area contributed by atoms with Crippen LogP contribution in [0.2, 0.25) is 0 Å². The van der Waals surface area contributed by atoms with Crippen molar-refractivity contribution < 1.29 is 8.42 Å². The summed E-state index contributed by atoms with van der Waals surface area (Å²) in [5.74, 6) is 1.16. The Kier molecular flexibility index (Phi) is 10.3. The topological polar surface area (TPSA) is 58.2 Å². The van der Waals surface area contributed by atoms with Crippen LogP contribution in [0.5, 0.6) is 0 Å². The second kappa shape index (κ2) is 10.2. The molecule has 0 saturated heterocycles. The zero-order chi connectivity index (χ0) is 13.1. The van der Waals surface area contributed by atoms with E-state index in [1.807, 2.05) is 18.7 Å². The number of nitrogens with one attached hydrogen (secondary N) is 2. The summed E-state index contributed by atoms with van der Waals surface area (Å²) in [6.07, 6.45) is 5.26. The Balaban J connectivity index is 3.70. The van der Waals surface area contributed by atoms with Gasteiger partial charge in [0, 0.05) is 13.1 Å². The molecule has 2 N–H and O–H groups in total. The van der Waals surface area contributed by atoms with Crippen molar-refractivity contribution in [3.63, 3.8) is 0 Å². The van der Waals surface area contributed by atoms with Gasteiger partial charge in [-0.1, -0.05) is 13.3 Å². The summed E-state index contributed by atoms with van der Waals surface area (Å²) < 4.78 is 26.2. The highest BCUT2D eigenvalue weighted by Crippen LogP contribution is 2.02. The van der Waals surface area contributed by atoms with E-state index in [0.717, 1.165) is 31.6 Å². The summed E-state index contributed by atoms with van der Waals surface area (Å²) in [7, 11) is -3.14. The second-order valence-electron chi connectivity index (χ2n) is 4.11. The molecule has 0 aromatic rings. The Hall–Kier alpha value is 0.220. The first-order valence-electron chi connectivity index (χ1n) is 6.22. The SMILES string of the molecule is CCNCC(C)S(=O)(=O)NCCCCCSC. The largest absolute Gasteiger partial charge is 0.316 e. The van der Waals surface area contributed by atoms with E-state index in [-0.39, 0.29) is 5.25 Å². The first-order valence-corrected chi connectivity index (χ1v) is 9.16. The smallest absolute Gasteiger partial charge is 0.215 e. The van der Waals surface area contributed by atoms with E-state index in [9.17, 15) is 8.42 Å². The number of hydrogen-bond donors (Lipinski definition) is 2. The maximum absolute atomic E-state index is 11.8. The van der Waals surface area contributed by atoms with Crippen LogP contribution in [0.15, 0.2) is 0 Å². The predicted molar refractivity (Wildman–Crippen MR) is 77.2 cm³/mol. The summed E-state index contributed by atoms with van der Waals surface area (Å²) in [6, 6.07) is 0. The quantitative estimate of drug-likeness (QED) is 0.563. The van der Waals surface area contributed by atoms with E-state index < -0.39 is 10.0 Å². The molecule has 1 atom stereocenters. The first kappa shape index (κ1) is 17.2. The van der Waals surface area contributed by atoms with Crippen LogP contribution in [0, 0.1) is 0 Å². The van der Waals surface area contributed by atoms with Crippen LogP contribution < -0.4 is 10.0 Å². The second-order valence-corrected chi connectivity index (χ2v) is 7.28. The molecule has 0 aliphatic rings. The Morgan fingerprint density at radius 2 is 1.94 bits per heavy atom. The highest BCUT2D eigenvalue weighted by molar-refractivity contribution is 7.98. The van der Waals surface area contributed by atoms with Crippen LogP contribution in [0.1, 0.15) is 33.1 Å². The molecule has 17 heavy (non-hydrogen) atoms. The van der Waals surface area contributed by atoms with Gasteiger partial charge in [0.2, 0.25) is 10.0 Å². The van der Waals surface area contributed by atoms with Gasteiger partial charge in [-0.25, -0.2) is 13.1 Å². The van der Waals surface area contributed by atoms with Gasteiger partial charge in [-0.2, -0.15) is 11.8 Å². The van der Waals surface area contributed by atoms with E-state index in [1.54, 1.807) is 6.92 Å². The molecule has 0 aliphatic heterocycles. The number of thioether (sulfide) groups is 1. The fraction of sp³-hybridized carbons (Fsp3) is 1.00. The van der Waals surface area contributed by atoms with Gasteiger partial charge < -0.3 is 5.32 Å². The van der Waals surface area contributed by atoms with E-state index in [0.29, 0.717) is 13.1 Å². The van der Waals surface area contributed by atoms with Crippen LogP contribution in [-0.2, 0) is 10.0 Å². The van der Waals surface area contributed by atoms with E-state index in [4.69, 9.17) is 0 Å². The minimum absolute atomic E-state index is 0.367. The fourth-order valence-corrected chi connectivity index (χ4v) is 2.91. The minimum atomic E-state index is -3.14. The normalized spacial score (nSPS) is 13.8. The van der Waals surface area contributed by atoms with E-state index in [2.05, 4.69) is 16.3 Å². The van der Waals surface area contributed by atoms with Crippen molar-refractivity contribution in [3.05, 3.63) is 0 Å². The zero-order valence-corrected chi connectivity index (χ0v) is 12.8. The molecule has 0 fully saturated rings. The van der Waals surface area contributed by atoms with Crippen molar-refractivity contribution in [1.82, 2.24) is 10.0 Å². The van der Waals surface area contributed by atoms with Gasteiger partial charge in [0.05, 0.1) is 5.25 Å². The van der Waals surface area contributed by atoms with Gasteiger partial charge in [0.25, 0.3) is 0 Å². The van der Waals surface area contributed by atoms with E-state index >= 15 is 0 Å². The maximum atomic E-state index is 11.8. The third-order valence-electron chi connectivity index (χ3n) is 2.54. The molecule has 0 bridgehead atoms. The van der Waals surface area contributed by atoms with Gasteiger partial charge >= 0.3 is 0 Å². The van der Waals surface area contributed by atoms with E-state index in [1.165, 1.54) is 0 Å². The number of rotatable bonds is 11. The molecule has 0 aliphatic carbocycles. The molecule has 0 aromatic carbocycles. The highest BCUT2D eigenvalue weighted by atomic mass is 32.2. The van der Waals surface area contributed by atoms with Crippen molar-refractivity contribution in [1.29, 1.82) is 0 Å². The Morgan fingerprint density at radius 1 is 1.24 bits per heavy atom. The molecule has 0 aromatic heterocycles. The molecular weight excluding hydrogens is 256 g/mol. The van der Waals surface area contributed by atoms with Crippen LogP contribution in [0.25, 0.3) is 0 Å². The van der Waals surface area contributed by atoms with Gasteiger partial charge in [-0.05, 0) is 38.3 Å². The zero-order valence-electron chi connectivity index (χ0n) is 11.2. The monoisotopic (exact) mass is 282 g/mol. The molecule has 0 rings (SSSR count). The van der Waals surface area contributed by atoms with Crippen molar-refractivity contribution in [3.8, 4) is 0 Å². The average Bonchev–Trinajstić information content (AvgIpc) is 2.30. The molecule has 6 heteroatoms. The summed E-state index contributed by atoms with van der Waals surface area (Å²) in [5.41, 5.74) is 0. The van der Waals surface area contributed by atoms with Gasteiger partial charge in [0.1, 0.15) is 0 Å². The van der Waals surface area contributed by atoms with Crippen molar-refractivity contribution in [2.45, 2.75) is 38.4 Å². The molecule has 0 amide bonds. The van der Waals surface area contributed by atoms with Gasteiger partial charge in [-0.15, -0.1) is 0 Å². The number of hydrogen-bond acceptors (Lipinski definition) is 4. The molecule has 0 heterocycles. The summed E-state index contributed by atoms with van der Waals surface area (Å²) >= 11 is 1.83. The Labute approximate surface area is 110 Å². The standard InChI is InChI=1S/C11H26N2O2S2/c1-4-12-10-11(2)17(14,15)13-8-6-5-7-9-16-3/h11-13H,4-10H2,1-3H3. The average molecular weight is 282 g/mol. The third kappa shape index (κ3) is 8.88. The lowest BCUT2D eigenvalue weighted by molar-refractivity contribution is 0.556. The molecule has 4 nitrogen and oxygen atoms in total. The fourth-order valence-electron chi connectivity index (χ4n) is 1.36. The van der Waals surface area contributed by atoms with Crippen LogP contribution in [0.3, 0.4) is 0 Å². The predicted octanol–water partition coefficient (Wildman–Crippen LogP) is 1.44. The lowest BCUT2D eigenvalue weighted by Gasteiger charge is -2.14. The minimum Gasteiger partial charge on any atom is -0.316 e. The molecule has 0 saturated carbocycles. The van der Waals surface area contributed by atoms with Crippen molar-refractivity contribution in [2.24, 2.45) is 0 Å². The highest BCUT2D eigenvalue weighted by Gasteiger charge is 2.18. The lowest BCUT2D eigenvalue weighted by atomic mass is 10.2. The van der Waals surface area contributed by atoms with Crippen LogP contribution in [0.4, 0.5) is 0 Å². The molecule has 104 valence electrons. The van der Waals surface area contributed by atoms with Crippen LogP contribution in [-0.4, -0.2) is 45.3 Å². The van der Waals surface area contributed by atoms with Gasteiger partial charge in [0.15, 0.2) is 0 Å². The Morgan fingerprint density at radius 3 is 2.53 bits per heavy atom. The van der Waals surface area contributed by atoms with Gasteiger partial charge in [-0.3, -0.25) is 0 Å². The molecule has 0 radical (unpaired) electrons. The molecular formula is C11H26N2O2S2. The van der Waals surface area contributed by atoms with Crippen LogP contribution >= 0.6 is 11.8 Å². The maximum Gasteiger partial charge on any atom is 0.215 e. The van der Waals surface area contributed by atoms with Crippen molar-refractivity contribution >= 4 is 21.8 Å². The molecule has 0 spiro atoms. The first-order chi connectivity index (χ1) is 8.04. The number of unbranched alkanes of at least 4 members (excludes halogenated alkanes) is 2. The number of sulfonamides is 1. The third-order valence-corrected chi connectivity index (χ3v) is 5.07.